The first-order chi connectivity index (χ1) is 3.83. The molecule has 0 aromatic carbocycles. The number of hydrogen-bond acceptors (Lipinski definition) is 2. The highest BCUT2D eigenvalue weighted by molar-refractivity contribution is 7.16. The quantitative estimate of drug-likeness (QED) is 0.503. The summed E-state index contributed by atoms with van der Waals surface area (Å²) in [5.74, 6) is 0. The topological polar surface area (TPSA) is 74.6 Å². The van der Waals surface area contributed by atoms with E-state index in [1.165, 1.54) is 0 Å². The molecule has 0 aromatic heterocycles. The summed E-state index contributed by atoms with van der Waals surface area (Å²) >= 11 is 0. The Hall–Kier alpha value is 0.380. The second-order valence-electron chi connectivity index (χ2n) is 0.211. The van der Waals surface area contributed by atoms with Crippen LogP contribution in [-0.2, 0) is 9.13 Å². The second-order valence-corrected chi connectivity index (χ2v) is 0.632. The fraction of sp³-hybridized carbons (Fsp3) is 1.00. The zero-order valence-corrected chi connectivity index (χ0v) is 7.18. The van der Waals surface area contributed by atoms with E-state index in [1.54, 1.807) is 0 Å². The van der Waals surface area contributed by atoms with Crippen molar-refractivity contribution >= 4 is 17.4 Å². The Morgan fingerprint density at radius 1 is 1.00 bits per heavy atom. The Labute approximate surface area is 51.1 Å². The Kier molecular flexibility index (Phi) is 105. The standard InChI is InChI=1S/C2H6.2H3O2P/c1-2;2*1-3-2/h1-2H3;2*3H2,(H,1,2). The van der Waals surface area contributed by atoms with Crippen LogP contribution in [0.15, 0.2) is 0 Å². The van der Waals surface area contributed by atoms with Crippen LogP contribution < -0.4 is 0 Å². The largest absolute Gasteiger partial charge is 0.348 e. The van der Waals surface area contributed by atoms with Gasteiger partial charge in [-0.15, -0.1) is 0 Å². The van der Waals surface area contributed by atoms with Gasteiger partial charge < -0.3 is 9.79 Å². The van der Waals surface area contributed by atoms with E-state index in [0.29, 0.717) is 0 Å². The SMILES string of the molecule is CC.O=[PH2]O.O=[PH2]O. The van der Waals surface area contributed by atoms with Crippen molar-refractivity contribution in [2.45, 2.75) is 13.8 Å². The lowest BCUT2D eigenvalue weighted by atomic mass is 11.0. The maximum absolute atomic E-state index is 8.57. The van der Waals surface area contributed by atoms with Crippen LogP contribution in [0, 0.1) is 0 Å². The molecule has 0 radical (unpaired) electrons. The molecular formula is C2H12O4P2. The Morgan fingerprint density at radius 2 is 1.00 bits per heavy atom. The average Bonchev–Trinajstić information content (AvgIpc) is 1.75. The van der Waals surface area contributed by atoms with Gasteiger partial charge in [-0.1, -0.05) is 13.8 Å². The highest BCUT2D eigenvalue weighted by atomic mass is 31.1. The van der Waals surface area contributed by atoms with Gasteiger partial charge in [0.2, 0.25) is 0 Å². The molecule has 0 amide bonds. The van der Waals surface area contributed by atoms with E-state index in [4.69, 9.17) is 18.9 Å². The lowest BCUT2D eigenvalue weighted by molar-refractivity contribution is 0.523. The summed E-state index contributed by atoms with van der Waals surface area (Å²) in [6.45, 7) is 4.00. The van der Waals surface area contributed by atoms with E-state index >= 15 is 0 Å². The van der Waals surface area contributed by atoms with Crippen LogP contribution in [0.1, 0.15) is 13.8 Å². The van der Waals surface area contributed by atoms with Gasteiger partial charge in [-0.2, -0.15) is 0 Å². The molecule has 0 rings (SSSR count). The molecular weight excluding hydrogens is 150 g/mol. The van der Waals surface area contributed by atoms with Crippen LogP contribution in [0.3, 0.4) is 0 Å². The third-order valence-corrected chi connectivity index (χ3v) is 0. The number of rotatable bonds is 0. The Bertz CT molecular complexity index is 33.0. The van der Waals surface area contributed by atoms with Gasteiger partial charge in [-0.25, -0.2) is 0 Å². The minimum absolute atomic E-state index is 1.50. The fourth-order valence-corrected chi connectivity index (χ4v) is 0. The summed E-state index contributed by atoms with van der Waals surface area (Å²) in [6.07, 6.45) is 0. The van der Waals surface area contributed by atoms with E-state index in [1.807, 2.05) is 13.8 Å². The van der Waals surface area contributed by atoms with Crippen LogP contribution >= 0.6 is 17.4 Å². The van der Waals surface area contributed by atoms with E-state index in [9.17, 15) is 0 Å². The minimum Gasteiger partial charge on any atom is -0.348 e. The van der Waals surface area contributed by atoms with Crippen LogP contribution in [0.4, 0.5) is 0 Å². The third-order valence-electron chi connectivity index (χ3n) is 0. The van der Waals surface area contributed by atoms with Gasteiger partial charge in [-0.05, 0) is 0 Å². The summed E-state index contributed by atoms with van der Waals surface area (Å²) in [5.41, 5.74) is 0. The van der Waals surface area contributed by atoms with Crippen molar-refractivity contribution < 1.29 is 18.9 Å². The van der Waals surface area contributed by atoms with Crippen molar-refractivity contribution in [2.75, 3.05) is 0 Å². The normalized spacial score (nSPS) is 8.00. The van der Waals surface area contributed by atoms with Crippen LogP contribution in [0.25, 0.3) is 0 Å². The van der Waals surface area contributed by atoms with Gasteiger partial charge in [0.25, 0.3) is 0 Å². The monoisotopic (exact) mass is 162 g/mol. The molecule has 0 fully saturated rings. The van der Waals surface area contributed by atoms with Gasteiger partial charge in [0.05, 0.1) is 0 Å². The molecule has 2 atom stereocenters. The fourth-order valence-electron chi connectivity index (χ4n) is 0. The lowest BCUT2D eigenvalue weighted by Gasteiger charge is -1.33. The maximum Gasteiger partial charge on any atom is 0.177 e. The van der Waals surface area contributed by atoms with E-state index in [0.717, 1.165) is 0 Å². The first-order valence-corrected chi connectivity index (χ1v) is 3.96. The molecule has 0 aliphatic carbocycles. The molecule has 2 unspecified atom stereocenters. The van der Waals surface area contributed by atoms with Crippen molar-refractivity contribution in [2.24, 2.45) is 0 Å². The van der Waals surface area contributed by atoms with Gasteiger partial charge in [0.15, 0.2) is 17.4 Å². The van der Waals surface area contributed by atoms with E-state index in [-0.39, 0.29) is 0 Å². The van der Waals surface area contributed by atoms with E-state index in [2.05, 4.69) is 0 Å². The molecule has 0 spiro atoms. The van der Waals surface area contributed by atoms with Crippen LogP contribution in [0.5, 0.6) is 0 Å². The van der Waals surface area contributed by atoms with Gasteiger partial charge >= 0.3 is 0 Å². The van der Waals surface area contributed by atoms with Gasteiger partial charge in [0, 0.05) is 0 Å². The maximum atomic E-state index is 8.57. The highest BCUT2D eigenvalue weighted by Gasteiger charge is 1.18. The van der Waals surface area contributed by atoms with Crippen molar-refractivity contribution in [1.29, 1.82) is 0 Å². The molecule has 54 valence electrons. The van der Waals surface area contributed by atoms with Crippen molar-refractivity contribution in [1.82, 2.24) is 0 Å². The predicted octanol–water partition coefficient (Wildman–Crippen LogP) is 0.326. The van der Waals surface area contributed by atoms with Gasteiger partial charge in [-0.3, -0.25) is 9.13 Å². The molecule has 0 aliphatic rings. The highest BCUT2D eigenvalue weighted by Crippen LogP contribution is 1.66. The van der Waals surface area contributed by atoms with Crippen molar-refractivity contribution in [3.05, 3.63) is 0 Å². The molecule has 2 N–H and O–H groups in total. The Balaban J connectivity index is -0.0000000483. The predicted molar refractivity (Wildman–Crippen MR) is 36.6 cm³/mol. The van der Waals surface area contributed by atoms with Crippen LogP contribution in [0.2, 0.25) is 0 Å². The molecule has 0 heterocycles. The van der Waals surface area contributed by atoms with Crippen molar-refractivity contribution in [3.63, 3.8) is 0 Å². The van der Waals surface area contributed by atoms with Crippen LogP contribution in [-0.4, -0.2) is 9.79 Å². The Morgan fingerprint density at radius 3 is 1.00 bits per heavy atom. The first kappa shape index (κ1) is 15.8. The minimum atomic E-state index is -1.50. The molecule has 0 bridgehead atoms. The third kappa shape index (κ3) is 1280. The zero-order chi connectivity index (χ0) is 7.41. The molecule has 0 saturated heterocycles. The summed E-state index contributed by atoms with van der Waals surface area (Å²) in [7, 11) is -3.00. The lowest BCUT2D eigenvalue weighted by Crippen LogP contribution is -1.03. The average molecular weight is 162 g/mol. The zero-order valence-electron chi connectivity index (χ0n) is 4.87. The molecule has 4 nitrogen and oxygen atoms in total. The first-order valence-electron chi connectivity index (χ1n) is 1.99. The van der Waals surface area contributed by atoms with Crippen molar-refractivity contribution in [3.8, 4) is 0 Å². The van der Waals surface area contributed by atoms with E-state index < -0.39 is 17.4 Å². The smallest absolute Gasteiger partial charge is 0.177 e. The summed E-state index contributed by atoms with van der Waals surface area (Å²) < 4.78 is 17.1. The summed E-state index contributed by atoms with van der Waals surface area (Å²) in [5, 5.41) is 0. The molecule has 0 aliphatic heterocycles. The molecule has 0 aromatic rings. The molecule has 6 heteroatoms. The second kappa shape index (κ2) is 53.0. The molecule has 0 saturated carbocycles. The number of hydrogen-bond donors (Lipinski definition) is 2. The van der Waals surface area contributed by atoms with Gasteiger partial charge in [0.1, 0.15) is 0 Å². The summed E-state index contributed by atoms with van der Waals surface area (Å²) in [4.78, 5) is 14.2. The molecule has 8 heavy (non-hydrogen) atoms. The summed E-state index contributed by atoms with van der Waals surface area (Å²) in [6, 6.07) is 0.